The number of hydrogen-bond donors (Lipinski definition) is 0. The Morgan fingerprint density at radius 1 is 0.519 bits per heavy atom. The maximum atomic E-state index is 3.14. The van der Waals surface area contributed by atoms with E-state index in [1.54, 1.807) is 0 Å². The van der Waals surface area contributed by atoms with Crippen molar-refractivity contribution in [2.45, 2.75) is 5.16 Å². The molecule has 0 spiro atoms. The van der Waals surface area contributed by atoms with Crippen molar-refractivity contribution >= 4 is 9.24 Å². The average Bonchev–Trinajstić information content (AvgIpc) is 2.75. The van der Waals surface area contributed by atoms with E-state index in [9.17, 15) is 0 Å². The van der Waals surface area contributed by atoms with Crippen LogP contribution in [0.3, 0.4) is 0 Å². The first-order chi connectivity index (χ1) is 12.8. The second-order valence-corrected chi connectivity index (χ2v) is 7.32. The Morgan fingerprint density at radius 2 is 0.926 bits per heavy atom. The smallest absolute Gasteiger partial charge is 1.00 e. The van der Waals surface area contributed by atoms with Crippen molar-refractivity contribution in [2.24, 2.45) is 0 Å². The van der Waals surface area contributed by atoms with Crippen molar-refractivity contribution in [1.29, 1.82) is 0 Å². The molecule has 0 heterocycles. The molecule has 1 unspecified atom stereocenters. The van der Waals surface area contributed by atoms with Crippen LogP contribution in [0.2, 0.25) is 0 Å². The third-order valence-electron chi connectivity index (χ3n) is 4.89. The zero-order chi connectivity index (χ0) is 17.8. The van der Waals surface area contributed by atoms with Crippen LogP contribution in [0.1, 0.15) is 18.1 Å². The van der Waals surface area contributed by atoms with Gasteiger partial charge in [0.25, 0.3) is 0 Å². The topological polar surface area (TPSA) is 0 Å². The molecule has 4 aromatic rings. The van der Waals surface area contributed by atoms with Crippen LogP contribution in [-0.4, -0.2) is 0 Å². The molecular formula is C25H22NaP. The van der Waals surface area contributed by atoms with Crippen LogP contribution >= 0.6 is 9.24 Å². The summed E-state index contributed by atoms with van der Waals surface area (Å²) in [4.78, 5) is 0. The fraction of sp³-hybridized carbons (Fsp3) is 0.0400. The van der Waals surface area contributed by atoms with Crippen LogP contribution in [0.15, 0.2) is 115 Å². The van der Waals surface area contributed by atoms with E-state index < -0.39 is 0 Å². The van der Waals surface area contributed by atoms with E-state index in [2.05, 4.69) is 125 Å². The zero-order valence-electron chi connectivity index (χ0n) is 16.5. The summed E-state index contributed by atoms with van der Waals surface area (Å²) in [7, 11) is 3.14. The first-order valence-electron chi connectivity index (χ1n) is 8.85. The fourth-order valence-electron chi connectivity index (χ4n) is 3.58. The van der Waals surface area contributed by atoms with Gasteiger partial charge >= 0.3 is 29.6 Å². The molecule has 0 amide bonds. The van der Waals surface area contributed by atoms with E-state index in [-0.39, 0.29) is 36.1 Å². The molecule has 1 atom stereocenters. The summed E-state index contributed by atoms with van der Waals surface area (Å²) >= 11 is 0. The maximum Gasteiger partial charge on any atom is 1.00 e. The van der Waals surface area contributed by atoms with Crippen molar-refractivity contribution in [3.05, 3.63) is 132 Å². The van der Waals surface area contributed by atoms with E-state index in [1.807, 2.05) is 0 Å². The molecule has 0 nitrogen and oxygen atoms in total. The summed E-state index contributed by atoms with van der Waals surface area (Å²) in [6, 6.07) is 40.8. The third kappa shape index (κ3) is 3.96. The van der Waals surface area contributed by atoms with Crippen molar-refractivity contribution in [1.82, 2.24) is 0 Å². The van der Waals surface area contributed by atoms with E-state index in [0.717, 1.165) is 0 Å². The molecule has 0 N–H and O–H groups in total. The standard InChI is InChI=1S/C25H21P.Na.H/c26-25(21-14-6-2-7-15-21,22-16-8-3-9-17-22)24-19-11-10-18-23(24)20-12-4-1-5-13-20;;/h1-19H,26H2;;/q;+1;-1. The van der Waals surface area contributed by atoms with Crippen LogP contribution in [0, 0.1) is 0 Å². The molecule has 0 aliphatic rings. The van der Waals surface area contributed by atoms with Gasteiger partial charge in [-0.3, -0.25) is 0 Å². The van der Waals surface area contributed by atoms with Crippen LogP contribution < -0.4 is 29.6 Å². The van der Waals surface area contributed by atoms with E-state index in [4.69, 9.17) is 0 Å². The molecule has 2 heteroatoms. The number of benzene rings is 4. The van der Waals surface area contributed by atoms with Gasteiger partial charge in [-0.25, -0.2) is 0 Å². The Kier molecular flexibility index (Phi) is 6.68. The van der Waals surface area contributed by atoms with Crippen molar-refractivity contribution in [3.8, 4) is 11.1 Å². The van der Waals surface area contributed by atoms with Crippen LogP contribution in [-0.2, 0) is 5.16 Å². The molecule has 0 aliphatic heterocycles. The van der Waals surface area contributed by atoms with Gasteiger partial charge in [0.05, 0.1) is 5.16 Å². The molecular weight excluding hydrogens is 354 g/mol. The minimum atomic E-state index is -0.311. The summed E-state index contributed by atoms with van der Waals surface area (Å²) in [5.74, 6) is 0. The molecule has 0 fully saturated rings. The Bertz CT molecular complexity index is 949. The van der Waals surface area contributed by atoms with E-state index >= 15 is 0 Å². The van der Waals surface area contributed by atoms with Gasteiger partial charge in [-0.05, 0) is 27.8 Å². The van der Waals surface area contributed by atoms with Gasteiger partial charge < -0.3 is 1.43 Å². The fourth-order valence-corrected chi connectivity index (χ4v) is 4.21. The zero-order valence-corrected chi connectivity index (χ0v) is 18.7. The normalized spacial score (nSPS) is 10.9. The number of hydrogen-bond acceptors (Lipinski definition) is 0. The molecule has 4 rings (SSSR count). The predicted molar refractivity (Wildman–Crippen MR) is 115 cm³/mol. The molecule has 0 aliphatic carbocycles. The van der Waals surface area contributed by atoms with Crippen molar-refractivity contribution in [3.63, 3.8) is 0 Å². The van der Waals surface area contributed by atoms with Crippen LogP contribution in [0.25, 0.3) is 11.1 Å². The Balaban J connectivity index is 0.00000140. The largest absolute Gasteiger partial charge is 1.00 e. The molecule has 0 saturated heterocycles. The van der Waals surface area contributed by atoms with Crippen LogP contribution in [0.5, 0.6) is 0 Å². The van der Waals surface area contributed by atoms with Gasteiger partial charge in [0, 0.05) is 0 Å². The van der Waals surface area contributed by atoms with Gasteiger partial charge in [-0.15, -0.1) is 9.24 Å². The molecule has 27 heavy (non-hydrogen) atoms. The van der Waals surface area contributed by atoms with Gasteiger partial charge in [-0.2, -0.15) is 0 Å². The molecule has 0 bridgehead atoms. The molecule has 0 saturated carbocycles. The third-order valence-corrected chi connectivity index (χ3v) is 5.87. The monoisotopic (exact) mass is 376 g/mol. The molecule has 0 radical (unpaired) electrons. The minimum absolute atomic E-state index is 0. The first-order valence-corrected chi connectivity index (χ1v) is 9.43. The Morgan fingerprint density at radius 3 is 1.44 bits per heavy atom. The van der Waals surface area contributed by atoms with Gasteiger partial charge in [0.1, 0.15) is 0 Å². The molecule has 0 aromatic heterocycles. The second kappa shape index (κ2) is 9.00. The first kappa shape index (κ1) is 20.1. The van der Waals surface area contributed by atoms with E-state index in [0.29, 0.717) is 0 Å². The van der Waals surface area contributed by atoms with Crippen LogP contribution in [0.4, 0.5) is 0 Å². The predicted octanol–water partition coefficient (Wildman–Crippen LogP) is 3.64. The summed E-state index contributed by atoms with van der Waals surface area (Å²) in [6.45, 7) is 0. The quantitative estimate of drug-likeness (QED) is 0.290. The van der Waals surface area contributed by atoms with Gasteiger partial charge in [0.15, 0.2) is 0 Å². The minimum Gasteiger partial charge on any atom is -1.00 e. The summed E-state index contributed by atoms with van der Waals surface area (Å²) in [5.41, 5.74) is 6.31. The molecule has 4 aromatic carbocycles. The SMILES string of the molecule is PC(c1ccccc1)(c1ccccc1)c1ccccc1-c1ccccc1.[H-].[Na+]. The van der Waals surface area contributed by atoms with Gasteiger partial charge in [-0.1, -0.05) is 115 Å². The Labute approximate surface area is 187 Å². The van der Waals surface area contributed by atoms with E-state index in [1.165, 1.54) is 27.8 Å². The summed E-state index contributed by atoms with van der Waals surface area (Å²) < 4.78 is 0. The Hall–Kier alpha value is -1.69. The number of rotatable bonds is 4. The summed E-state index contributed by atoms with van der Waals surface area (Å²) in [6.07, 6.45) is 0. The average molecular weight is 376 g/mol. The summed E-state index contributed by atoms with van der Waals surface area (Å²) in [5, 5.41) is -0.311. The maximum absolute atomic E-state index is 3.14. The van der Waals surface area contributed by atoms with Crippen molar-refractivity contribution < 1.29 is 31.0 Å². The van der Waals surface area contributed by atoms with Gasteiger partial charge in [0.2, 0.25) is 0 Å². The molecule has 128 valence electrons. The van der Waals surface area contributed by atoms with Crippen molar-refractivity contribution in [2.75, 3.05) is 0 Å². The second-order valence-electron chi connectivity index (χ2n) is 6.45.